The molecule has 1 fully saturated rings. The van der Waals surface area contributed by atoms with E-state index in [4.69, 9.17) is 9.47 Å². The highest BCUT2D eigenvalue weighted by molar-refractivity contribution is 5.68. The third-order valence-corrected chi connectivity index (χ3v) is 6.61. The second kappa shape index (κ2) is 11.7. The summed E-state index contributed by atoms with van der Waals surface area (Å²) in [6.45, 7) is 4.53. The van der Waals surface area contributed by atoms with Crippen LogP contribution in [0.3, 0.4) is 0 Å². The molecule has 10 heteroatoms. The maximum atomic E-state index is 9.56. The molecule has 194 valence electrons. The Balaban J connectivity index is 1.29. The molecule has 4 aromatic rings. The fourth-order valence-corrected chi connectivity index (χ4v) is 4.62. The molecule has 38 heavy (non-hydrogen) atoms. The van der Waals surface area contributed by atoms with E-state index >= 15 is 0 Å². The molecule has 0 bridgehead atoms. The lowest BCUT2D eigenvalue weighted by Gasteiger charge is -2.24. The number of aromatic nitrogens is 5. The van der Waals surface area contributed by atoms with Gasteiger partial charge < -0.3 is 20.1 Å². The first-order valence-electron chi connectivity index (χ1n) is 12.6. The van der Waals surface area contributed by atoms with Gasteiger partial charge in [0.15, 0.2) is 0 Å². The van der Waals surface area contributed by atoms with Gasteiger partial charge in [-0.2, -0.15) is 10.4 Å². The van der Waals surface area contributed by atoms with Crippen molar-refractivity contribution in [3.63, 3.8) is 0 Å². The van der Waals surface area contributed by atoms with Gasteiger partial charge in [-0.05, 0) is 74.2 Å². The first kappa shape index (κ1) is 25.2. The number of nitrogens with one attached hydrogen (secondary N) is 2. The van der Waals surface area contributed by atoms with E-state index in [-0.39, 0.29) is 6.10 Å². The van der Waals surface area contributed by atoms with Crippen molar-refractivity contribution >= 4 is 11.6 Å². The largest absolute Gasteiger partial charge is 0.495 e. The van der Waals surface area contributed by atoms with Crippen molar-refractivity contribution in [3.8, 4) is 28.7 Å². The number of anilines is 2. The Morgan fingerprint density at radius 3 is 2.63 bits per heavy atom. The van der Waals surface area contributed by atoms with Crippen LogP contribution >= 0.6 is 0 Å². The molecule has 0 amide bonds. The van der Waals surface area contributed by atoms with Gasteiger partial charge >= 0.3 is 0 Å². The maximum absolute atomic E-state index is 9.56. The van der Waals surface area contributed by atoms with Crippen molar-refractivity contribution in [2.45, 2.75) is 38.3 Å². The molecule has 1 aliphatic heterocycles. The predicted octanol–water partition coefficient (Wildman–Crippen LogP) is 4.29. The molecule has 2 aromatic carbocycles. The van der Waals surface area contributed by atoms with Crippen LogP contribution in [-0.4, -0.2) is 51.0 Å². The monoisotopic (exact) mass is 510 g/mol. The van der Waals surface area contributed by atoms with E-state index in [1.807, 2.05) is 25.1 Å². The topological polar surface area (TPSA) is 123 Å². The fraction of sp³-hybridized carbons (Fsp3) is 0.321. The summed E-state index contributed by atoms with van der Waals surface area (Å²) < 4.78 is 13.4. The molecule has 5 rings (SSSR count). The quantitative estimate of drug-likeness (QED) is 0.339. The van der Waals surface area contributed by atoms with Crippen LogP contribution in [0.1, 0.15) is 36.8 Å². The van der Waals surface area contributed by atoms with Gasteiger partial charge in [-0.25, -0.2) is 19.6 Å². The zero-order valence-corrected chi connectivity index (χ0v) is 21.5. The minimum Gasteiger partial charge on any atom is -0.495 e. The highest BCUT2D eigenvalue weighted by atomic mass is 16.5. The first-order valence-corrected chi connectivity index (χ1v) is 12.6. The molecule has 2 N–H and O–H groups in total. The number of nitrogens with zero attached hydrogens (tertiary/aromatic N) is 6. The van der Waals surface area contributed by atoms with E-state index in [0.717, 1.165) is 48.5 Å². The third kappa shape index (κ3) is 5.90. The van der Waals surface area contributed by atoms with Gasteiger partial charge in [-0.15, -0.1) is 0 Å². The van der Waals surface area contributed by atoms with E-state index in [1.54, 1.807) is 36.6 Å². The Bertz CT molecular complexity index is 1390. The molecular weight excluding hydrogens is 480 g/mol. The lowest BCUT2D eigenvalue weighted by atomic mass is 9.90. The number of hydrogen-bond donors (Lipinski definition) is 2. The second-order valence-corrected chi connectivity index (χ2v) is 9.27. The van der Waals surface area contributed by atoms with Gasteiger partial charge in [0.2, 0.25) is 5.95 Å². The summed E-state index contributed by atoms with van der Waals surface area (Å²) in [7, 11) is 1.67. The molecule has 1 unspecified atom stereocenters. The Morgan fingerprint density at radius 1 is 1.11 bits per heavy atom. The van der Waals surface area contributed by atoms with Gasteiger partial charge in [0.05, 0.1) is 24.9 Å². The number of hydrogen-bond acceptors (Lipinski definition) is 9. The molecular formula is C28H30N8O2. The average molecular weight is 511 g/mol. The molecule has 2 aromatic heterocycles. The first-order chi connectivity index (χ1) is 18.6. The fourth-order valence-electron chi connectivity index (χ4n) is 4.62. The normalized spacial score (nSPS) is 14.4. The van der Waals surface area contributed by atoms with Crippen molar-refractivity contribution in [1.29, 1.82) is 5.26 Å². The number of methoxy groups -OCH3 is 1. The van der Waals surface area contributed by atoms with E-state index in [0.29, 0.717) is 29.7 Å². The minimum atomic E-state index is -0.210. The Labute approximate surface area is 221 Å². The van der Waals surface area contributed by atoms with Gasteiger partial charge in [0.1, 0.15) is 36.3 Å². The summed E-state index contributed by atoms with van der Waals surface area (Å²) >= 11 is 0. The van der Waals surface area contributed by atoms with E-state index in [2.05, 4.69) is 48.9 Å². The number of ether oxygens (including phenoxy) is 2. The van der Waals surface area contributed by atoms with Crippen LogP contribution in [0.4, 0.5) is 11.6 Å². The van der Waals surface area contributed by atoms with Crippen LogP contribution in [0.2, 0.25) is 0 Å². The molecule has 3 heterocycles. The summed E-state index contributed by atoms with van der Waals surface area (Å²) in [6, 6.07) is 13.9. The molecule has 1 atom stereocenters. The highest BCUT2D eigenvalue weighted by Gasteiger charge is 2.17. The second-order valence-electron chi connectivity index (χ2n) is 9.27. The summed E-state index contributed by atoms with van der Waals surface area (Å²) in [6.07, 6.45) is 8.65. The molecule has 10 nitrogen and oxygen atoms in total. The van der Waals surface area contributed by atoms with Crippen LogP contribution in [0.15, 0.2) is 61.4 Å². The zero-order chi connectivity index (χ0) is 26.3. The van der Waals surface area contributed by atoms with Gasteiger partial charge in [0.25, 0.3) is 0 Å². The molecule has 0 spiro atoms. The summed E-state index contributed by atoms with van der Waals surface area (Å²) in [5.74, 6) is 2.27. The molecule has 0 saturated carbocycles. The Morgan fingerprint density at radius 2 is 1.92 bits per heavy atom. The molecule has 0 aliphatic carbocycles. The third-order valence-electron chi connectivity index (χ3n) is 6.61. The standard InChI is InChI=1S/C28H30N8O2/c1-19(16-36-18-31-17-34-36)38-26-11-22(3-4-23(26)13-29)24-14-32-28(33-15-24)35-25-6-5-21(12-27(25)37-2)20-7-9-30-10-8-20/h3-6,11-12,14-15,17-20,30H,7-10,16H2,1-2H3,(H,32,33,35). The highest BCUT2D eigenvalue weighted by Crippen LogP contribution is 2.34. The lowest BCUT2D eigenvalue weighted by Crippen LogP contribution is -2.26. The molecule has 1 aliphatic rings. The number of nitriles is 1. The predicted molar refractivity (Wildman–Crippen MR) is 143 cm³/mol. The average Bonchev–Trinajstić information content (AvgIpc) is 3.47. The summed E-state index contributed by atoms with van der Waals surface area (Å²) in [4.78, 5) is 13.0. The van der Waals surface area contributed by atoms with E-state index in [1.165, 1.54) is 11.9 Å². The van der Waals surface area contributed by atoms with E-state index in [9.17, 15) is 5.26 Å². The number of benzene rings is 2. The van der Waals surface area contributed by atoms with Crippen LogP contribution in [0.25, 0.3) is 11.1 Å². The lowest BCUT2D eigenvalue weighted by molar-refractivity contribution is 0.193. The summed E-state index contributed by atoms with van der Waals surface area (Å²) in [5.41, 5.74) is 4.22. The van der Waals surface area contributed by atoms with Crippen LogP contribution in [0, 0.1) is 11.3 Å². The van der Waals surface area contributed by atoms with Crippen LogP contribution in [-0.2, 0) is 6.54 Å². The van der Waals surface area contributed by atoms with Crippen LogP contribution in [0.5, 0.6) is 11.5 Å². The summed E-state index contributed by atoms with van der Waals surface area (Å²) in [5, 5.41) is 20.3. The zero-order valence-electron chi connectivity index (χ0n) is 21.5. The smallest absolute Gasteiger partial charge is 0.227 e. The maximum Gasteiger partial charge on any atom is 0.227 e. The minimum absolute atomic E-state index is 0.210. The van der Waals surface area contributed by atoms with Gasteiger partial charge in [-0.1, -0.05) is 12.1 Å². The van der Waals surface area contributed by atoms with Crippen molar-refractivity contribution in [2.75, 3.05) is 25.5 Å². The van der Waals surface area contributed by atoms with E-state index < -0.39 is 0 Å². The van der Waals surface area contributed by atoms with Crippen molar-refractivity contribution in [1.82, 2.24) is 30.0 Å². The Kier molecular flexibility index (Phi) is 7.75. The molecule has 1 saturated heterocycles. The Hall–Kier alpha value is -4.49. The molecule has 0 radical (unpaired) electrons. The number of rotatable bonds is 9. The van der Waals surface area contributed by atoms with Gasteiger partial charge in [-0.3, -0.25) is 0 Å². The number of piperidine rings is 1. The van der Waals surface area contributed by atoms with Crippen molar-refractivity contribution in [3.05, 3.63) is 72.6 Å². The van der Waals surface area contributed by atoms with Gasteiger partial charge in [0, 0.05) is 18.0 Å². The SMILES string of the molecule is COc1cc(C2CCNCC2)ccc1Nc1ncc(-c2ccc(C#N)c(OC(C)Cn3cncn3)c2)cn1. The van der Waals surface area contributed by atoms with Crippen molar-refractivity contribution < 1.29 is 9.47 Å². The van der Waals surface area contributed by atoms with Crippen molar-refractivity contribution in [2.24, 2.45) is 0 Å². The van der Waals surface area contributed by atoms with Crippen LogP contribution < -0.4 is 20.1 Å².